The highest BCUT2D eigenvalue weighted by Crippen LogP contribution is 2.23. The van der Waals surface area contributed by atoms with Crippen molar-refractivity contribution in [3.8, 4) is 0 Å². The Morgan fingerprint density at radius 3 is 2.89 bits per heavy atom. The molecule has 0 aliphatic carbocycles. The molecule has 1 atom stereocenters. The first kappa shape index (κ1) is 13.1. The lowest BCUT2D eigenvalue weighted by Gasteiger charge is -2.15. The Morgan fingerprint density at radius 1 is 1.50 bits per heavy atom. The van der Waals surface area contributed by atoms with Gasteiger partial charge in [-0.2, -0.15) is 4.80 Å². The van der Waals surface area contributed by atoms with E-state index in [1.54, 1.807) is 26.2 Å². The number of halogens is 2. The highest BCUT2D eigenvalue weighted by Gasteiger charge is 2.17. The lowest BCUT2D eigenvalue weighted by molar-refractivity contribution is 0.523. The summed E-state index contributed by atoms with van der Waals surface area (Å²) in [7, 11) is 3.48. The molecule has 1 heterocycles. The number of benzene rings is 1. The average Bonchev–Trinajstić information content (AvgIpc) is 2.75. The van der Waals surface area contributed by atoms with Crippen molar-refractivity contribution in [2.75, 3.05) is 7.05 Å². The molecule has 0 aliphatic heterocycles. The molecule has 7 heteroatoms. The molecule has 0 saturated heterocycles. The monoisotopic (exact) mass is 313 g/mol. The van der Waals surface area contributed by atoms with Crippen LogP contribution < -0.4 is 5.32 Å². The minimum atomic E-state index is -0.249. The molecule has 18 heavy (non-hydrogen) atoms. The number of tetrazole rings is 1. The Hall–Kier alpha value is -1.34. The molecular weight excluding hydrogens is 301 g/mol. The zero-order chi connectivity index (χ0) is 13.1. The van der Waals surface area contributed by atoms with Crippen molar-refractivity contribution in [1.82, 2.24) is 25.5 Å². The van der Waals surface area contributed by atoms with Crippen molar-refractivity contribution in [3.05, 3.63) is 39.9 Å². The van der Waals surface area contributed by atoms with E-state index in [0.29, 0.717) is 17.8 Å². The first-order valence-electron chi connectivity index (χ1n) is 5.45. The Balaban J connectivity index is 2.25. The van der Waals surface area contributed by atoms with Gasteiger partial charge in [-0.25, -0.2) is 4.39 Å². The molecule has 0 fully saturated rings. The predicted molar refractivity (Wildman–Crippen MR) is 68.4 cm³/mol. The molecule has 0 bridgehead atoms. The molecule has 0 saturated carbocycles. The molecule has 0 spiro atoms. The van der Waals surface area contributed by atoms with Crippen LogP contribution in [0.1, 0.15) is 17.4 Å². The van der Waals surface area contributed by atoms with E-state index in [-0.39, 0.29) is 11.9 Å². The molecular formula is C11H13BrFN5. The third-order valence-electron chi connectivity index (χ3n) is 2.62. The molecule has 1 aromatic heterocycles. The number of aromatic nitrogens is 4. The topological polar surface area (TPSA) is 55.6 Å². The predicted octanol–water partition coefficient (Wildman–Crippen LogP) is 1.61. The summed E-state index contributed by atoms with van der Waals surface area (Å²) < 4.78 is 14.6. The number of aryl methyl sites for hydroxylation is 1. The van der Waals surface area contributed by atoms with Crippen LogP contribution in [0.25, 0.3) is 0 Å². The van der Waals surface area contributed by atoms with E-state index in [2.05, 4.69) is 36.7 Å². The Bertz CT molecular complexity index is 542. The van der Waals surface area contributed by atoms with E-state index in [9.17, 15) is 4.39 Å². The highest BCUT2D eigenvalue weighted by molar-refractivity contribution is 9.10. The lowest BCUT2D eigenvalue weighted by atomic mass is 10.0. The van der Waals surface area contributed by atoms with E-state index in [0.717, 1.165) is 4.47 Å². The molecule has 0 radical (unpaired) electrons. The number of nitrogens with zero attached hydrogens (tertiary/aromatic N) is 4. The summed E-state index contributed by atoms with van der Waals surface area (Å²) in [6.45, 7) is 0. The molecule has 5 nitrogen and oxygen atoms in total. The molecule has 1 aromatic carbocycles. The van der Waals surface area contributed by atoms with E-state index >= 15 is 0 Å². The standard InChI is InChI=1S/C11H13BrFN5/c1-14-10(6-11-15-17-18(2)16-11)8-5-7(12)3-4-9(8)13/h3-5,10,14H,6H2,1-2H3. The van der Waals surface area contributed by atoms with Gasteiger partial charge in [0.1, 0.15) is 5.82 Å². The molecule has 96 valence electrons. The van der Waals surface area contributed by atoms with Gasteiger partial charge in [-0.15, -0.1) is 10.2 Å². The third-order valence-corrected chi connectivity index (χ3v) is 3.11. The second-order valence-corrected chi connectivity index (χ2v) is 4.82. The lowest BCUT2D eigenvalue weighted by Crippen LogP contribution is -2.20. The molecule has 0 amide bonds. The van der Waals surface area contributed by atoms with Crippen LogP contribution in [0.15, 0.2) is 22.7 Å². The van der Waals surface area contributed by atoms with Crippen LogP contribution in [0.3, 0.4) is 0 Å². The molecule has 1 N–H and O–H groups in total. The first-order chi connectivity index (χ1) is 8.60. The fourth-order valence-electron chi connectivity index (χ4n) is 1.74. The van der Waals surface area contributed by atoms with Gasteiger partial charge in [0, 0.05) is 22.5 Å². The maximum absolute atomic E-state index is 13.8. The normalized spacial score (nSPS) is 12.7. The second-order valence-electron chi connectivity index (χ2n) is 3.91. The SMILES string of the molecule is CNC(Cc1nnn(C)n1)c1cc(Br)ccc1F. The van der Waals surface area contributed by atoms with Crippen LogP contribution in [0, 0.1) is 5.82 Å². The van der Waals surface area contributed by atoms with Gasteiger partial charge in [0.25, 0.3) is 0 Å². The largest absolute Gasteiger partial charge is 0.313 e. The number of nitrogens with one attached hydrogen (secondary N) is 1. The minimum Gasteiger partial charge on any atom is -0.313 e. The smallest absolute Gasteiger partial charge is 0.176 e. The summed E-state index contributed by atoms with van der Waals surface area (Å²) in [5, 5.41) is 14.8. The summed E-state index contributed by atoms with van der Waals surface area (Å²) in [6.07, 6.45) is 0.484. The Kier molecular flexibility index (Phi) is 4.03. The van der Waals surface area contributed by atoms with Crippen LogP contribution in [0.4, 0.5) is 4.39 Å². The number of likely N-dealkylation sites (N-methyl/N-ethyl adjacent to an activating group) is 1. The van der Waals surface area contributed by atoms with Gasteiger partial charge in [-0.1, -0.05) is 15.9 Å². The van der Waals surface area contributed by atoms with Gasteiger partial charge in [0.05, 0.1) is 7.05 Å². The van der Waals surface area contributed by atoms with Gasteiger partial charge in [0.2, 0.25) is 0 Å². The summed E-state index contributed by atoms with van der Waals surface area (Å²) in [5.74, 6) is 0.331. The van der Waals surface area contributed by atoms with Gasteiger partial charge < -0.3 is 5.32 Å². The summed E-state index contributed by atoms with van der Waals surface area (Å²) in [4.78, 5) is 1.39. The fraction of sp³-hybridized carbons (Fsp3) is 0.364. The van der Waals surface area contributed by atoms with Crippen molar-refractivity contribution >= 4 is 15.9 Å². The molecule has 2 rings (SSSR count). The summed E-state index contributed by atoms with van der Waals surface area (Å²) in [6, 6.07) is 4.68. The highest BCUT2D eigenvalue weighted by atomic mass is 79.9. The molecule has 1 unspecified atom stereocenters. The minimum absolute atomic E-state index is 0.188. The molecule has 0 aliphatic rings. The maximum atomic E-state index is 13.8. The van der Waals surface area contributed by atoms with Crippen LogP contribution in [0.5, 0.6) is 0 Å². The first-order valence-corrected chi connectivity index (χ1v) is 6.24. The van der Waals surface area contributed by atoms with E-state index in [4.69, 9.17) is 0 Å². The number of hydrogen-bond donors (Lipinski definition) is 1. The van der Waals surface area contributed by atoms with Gasteiger partial charge in [-0.05, 0) is 30.5 Å². The van der Waals surface area contributed by atoms with Crippen molar-refractivity contribution in [1.29, 1.82) is 0 Å². The van der Waals surface area contributed by atoms with E-state index in [1.807, 2.05) is 0 Å². The molecule has 2 aromatic rings. The zero-order valence-corrected chi connectivity index (χ0v) is 11.6. The van der Waals surface area contributed by atoms with Gasteiger partial charge in [0.15, 0.2) is 5.82 Å². The number of rotatable bonds is 4. The van der Waals surface area contributed by atoms with Crippen LogP contribution in [-0.2, 0) is 13.5 Å². The average molecular weight is 314 g/mol. The van der Waals surface area contributed by atoms with E-state index in [1.165, 1.54) is 10.9 Å². The zero-order valence-electron chi connectivity index (χ0n) is 10.1. The van der Waals surface area contributed by atoms with Gasteiger partial charge in [-0.3, -0.25) is 0 Å². The second kappa shape index (κ2) is 5.53. The van der Waals surface area contributed by atoms with Crippen molar-refractivity contribution in [2.24, 2.45) is 7.05 Å². The Morgan fingerprint density at radius 2 is 2.28 bits per heavy atom. The van der Waals surface area contributed by atoms with Crippen LogP contribution >= 0.6 is 15.9 Å². The van der Waals surface area contributed by atoms with Gasteiger partial charge >= 0.3 is 0 Å². The van der Waals surface area contributed by atoms with Crippen molar-refractivity contribution in [3.63, 3.8) is 0 Å². The van der Waals surface area contributed by atoms with Crippen molar-refractivity contribution in [2.45, 2.75) is 12.5 Å². The summed E-state index contributed by atoms with van der Waals surface area (Å²) >= 11 is 3.34. The van der Waals surface area contributed by atoms with Crippen LogP contribution in [0.2, 0.25) is 0 Å². The third kappa shape index (κ3) is 2.91. The van der Waals surface area contributed by atoms with E-state index < -0.39 is 0 Å². The van der Waals surface area contributed by atoms with Crippen LogP contribution in [-0.4, -0.2) is 27.3 Å². The maximum Gasteiger partial charge on any atom is 0.176 e. The number of hydrogen-bond acceptors (Lipinski definition) is 4. The summed E-state index contributed by atoms with van der Waals surface area (Å²) in [5.41, 5.74) is 0.583. The quantitative estimate of drug-likeness (QED) is 0.932. The Labute approximate surface area is 113 Å². The fourth-order valence-corrected chi connectivity index (χ4v) is 2.12. The van der Waals surface area contributed by atoms with Crippen molar-refractivity contribution < 1.29 is 4.39 Å².